The van der Waals surface area contributed by atoms with Gasteiger partial charge >= 0.3 is 0 Å². The second-order valence-electron chi connectivity index (χ2n) is 3.88. The van der Waals surface area contributed by atoms with Gasteiger partial charge in [-0.2, -0.15) is 0 Å². The second kappa shape index (κ2) is 5.81. The van der Waals surface area contributed by atoms with Crippen molar-refractivity contribution in [2.75, 3.05) is 5.32 Å². The molecule has 1 aromatic heterocycles. The van der Waals surface area contributed by atoms with Crippen LogP contribution in [0.3, 0.4) is 0 Å². The van der Waals surface area contributed by atoms with Gasteiger partial charge in [-0.15, -0.1) is 0 Å². The summed E-state index contributed by atoms with van der Waals surface area (Å²) in [4.78, 5) is 17.5. The summed E-state index contributed by atoms with van der Waals surface area (Å²) in [7, 11) is 0. The molecular weight excluding hydrogens is 271 g/mol. The molecule has 0 atom stereocenters. The standard InChI is InChI=1S/C12H12ClFN4O/c13-10-11(17-6-18-12(10)19)16-5-8-2-1-7(4-15)3-9(8)14/h1-3,6H,4-5,15H2,(H2,16,17,18,19). The van der Waals surface area contributed by atoms with Crippen LogP contribution < -0.4 is 16.6 Å². The normalized spacial score (nSPS) is 10.5. The van der Waals surface area contributed by atoms with Crippen LogP contribution in [-0.2, 0) is 13.1 Å². The Morgan fingerprint density at radius 2 is 2.26 bits per heavy atom. The van der Waals surface area contributed by atoms with Crippen molar-refractivity contribution in [1.29, 1.82) is 0 Å². The van der Waals surface area contributed by atoms with E-state index in [4.69, 9.17) is 17.3 Å². The summed E-state index contributed by atoms with van der Waals surface area (Å²) in [5.41, 5.74) is 6.13. The number of nitrogens with one attached hydrogen (secondary N) is 2. The van der Waals surface area contributed by atoms with Crippen LogP contribution in [0.4, 0.5) is 10.2 Å². The van der Waals surface area contributed by atoms with E-state index in [0.717, 1.165) is 0 Å². The summed E-state index contributed by atoms with van der Waals surface area (Å²) in [6, 6.07) is 4.75. The van der Waals surface area contributed by atoms with E-state index < -0.39 is 5.56 Å². The molecule has 0 unspecified atom stereocenters. The third kappa shape index (κ3) is 3.10. The molecule has 0 aliphatic heterocycles. The molecule has 2 aromatic rings. The molecule has 0 spiro atoms. The molecule has 0 amide bonds. The smallest absolute Gasteiger partial charge is 0.271 e. The molecule has 0 saturated carbocycles. The minimum atomic E-state index is -0.446. The van der Waals surface area contributed by atoms with Gasteiger partial charge in [0.2, 0.25) is 0 Å². The van der Waals surface area contributed by atoms with Crippen LogP contribution in [0.2, 0.25) is 5.02 Å². The number of H-pyrrole nitrogens is 1. The van der Waals surface area contributed by atoms with E-state index in [1.54, 1.807) is 12.1 Å². The molecule has 19 heavy (non-hydrogen) atoms. The zero-order chi connectivity index (χ0) is 13.8. The van der Waals surface area contributed by atoms with Gasteiger partial charge < -0.3 is 16.0 Å². The number of aromatic amines is 1. The van der Waals surface area contributed by atoms with E-state index in [-0.39, 0.29) is 29.7 Å². The number of rotatable bonds is 4. The van der Waals surface area contributed by atoms with Gasteiger partial charge in [-0.25, -0.2) is 9.37 Å². The molecule has 1 heterocycles. The average molecular weight is 283 g/mol. The Morgan fingerprint density at radius 3 is 2.95 bits per heavy atom. The van der Waals surface area contributed by atoms with Crippen LogP contribution in [0.25, 0.3) is 0 Å². The monoisotopic (exact) mass is 282 g/mol. The molecule has 100 valence electrons. The third-order valence-corrected chi connectivity index (χ3v) is 2.95. The molecule has 0 radical (unpaired) electrons. The van der Waals surface area contributed by atoms with Crippen LogP contribution in [-0.4, -0.2) is 9.97 Å². The SMILES string of the molecule is NCc1ccc(CNc2nc[nH]c(=O)c2Cl)c(F)c1. The Morgan fingerprint density at radius 1 is 1.47 bits per heavy atom. The predicted molar refractivity (Wildman–Crippen MR) is 71.5 cm³/mol. The average Bonchev–Trinajstić information content (AvgIpc) is 2.41. The van der Waals surface area contributed by atoms with Gasteiger partial charge in [0.05, 0.1) is 6.33 Å². The number of hydrogen-bond donors (Lipinski definition) is 3. The van der Waals surface area contributed by atoms with Gasteiger partial charge in [-0.05, 0) is 11.6 Å². The first-order valence-corrected chi connectivity index (χ1v) is 5.94. The van der Waals surface area contributed by atoms with E-state index in [1.165, 1.54) is 12.4 Å². The van der Waals surface area contributed by atoms with Crippen molar-refractivity contribution >= 4 is 17.4 Å². The molecule has 5 nitrogen and oxygen atoms in total. The Labute approximate surface area is 113 Å². The highest BCUT2D eigenvalue weighted by Gasteiger charge is 2.07. The molecule has 0 aliphatic carbocycles. The Hall–Kier alpha value is -1.92. The largest absolute Gasteiger partial charge is 0.364 e. The molecular formula is C12H12ClFN4O. The van der Waals surface area contributed by atoms with Crippen molar-refractivity contribution in [3.8, 4) is 0 Å². The number of nitrogens with zero attached hydrogens (tertiary/aromatic N) is 1. The van der Waals surface area contributed by atoms with Gasteiger partial charge in [0.25, 0.3) is 5.56 Å². The van der Waals surface area contributed by atoms with E-state index in [9.17, 15) is 9.18 Å². The van der Waals surface area contributed by atoms with Crippen LogP contribution in [0.5, 0.6) is 0 Å². The van der Waals surface area contributed by atoms with Gasteiger partial charge in [0, 0.05) is 18.7 Å². The zero-order valence-corrected chi connectivity index (χ0v) is 10.7. The summed E-state index contributed by atoms with van der Waals surface area (Å²) in [5.74, 6) is -0.149. The molecule has 1 aromatic carbocycles. The minimum absolute atomic E-state index is 0.0542. The first kappa shape index (κ1) is 13.5. The maximum absolute atomic E-state index is 13.7. The fourth-order valence-corrected chi connectivity index (χ4v) is 1.72. The van der Waals surface area contributed by atoms with E-state index in [2.05, 4.69) is 15.3 Å². The van der Waals surface area contributed by atoms with Crippen molar-refractivity contribution in [1.82, 2.24) is 9.97 Å². The molecule has 0 fully saturated rings. The summed E-state index contributed by atoms with van der Waals surface area (Å²) in [6.45, 7) is 0.457. The first-order valence-electron chi connectivity index (χ1n) is 5.56. The summed E-state index contributed by atoms with van der Waals surface area (Å²) in [5, 5.41) is 2.76. The number of halogens is 2. The fraction of sp³-hybridized carbons (Fsp3) is 0.167. The molecule has 0 aliphatic rings. The van der Waals surface area contributed by atoms with Crippen molar-refractivity contribution in [2.45, 2.75) is 13.1 Å². The van der Waals surface area contributed by atoms with Gasteiger partial charge in [-0.1, -0.05) is 23.7 Å². The van der Waals surface area contributed by atoms with Crippen molar-refractivity contribution in [2.24, 2.45) is 5.73 Å². The van der Waals surface area contributed by atoms with Crippen molar-refractivity contribution in [3.05, 3.63) is 56.8 Å². The van der Waals surface area contributed by atoms with Crippen molar-refractivity contribution in [3.63, 3.8) is 0 Å². The fourth-order valence-electron chi connectivity index (χ4n) is 1.55. The number of aromatic nitrogens is 2. The minimum Gasteiger partial charge on any atom is -0.364 e. The molecule has 2 rings (SSSR count). The lowest BCUT2D eigenvalue weighted by atomic mass is 10.1. The van der Waals surface area contributed by atoms with Crippen LogP contribution in [0.15, 0.2) is 29.3 Å². The molecule has 4 N–H and O–H groups in total. The zero-order valence-electron chi connectivity index (χ0n) is 9.91. The molecule has 0 saturated heterocycles. The van der Waals surface area contributed by atoms with Gasteiger partial charge in [-0.3, -0.25) is 4.79 Å². The highest BCUT2D eigenvalue weighted by molar-refractivity contribution is 6.32. The van der Waals surface area contributed by atoms with E-state index >= 15 is 0 Å². The van der Waals surface area contributed by atoms with E-state index in [0.29, 0.717) is 11.1 Å². The number of nitrogens with two attached hydrogens (primary N) is 1. The lowest BCUT2D eigenvalue weighted by Gasteiger charge is -2.08. The Bertz CT molecular complexity index is 644. The maximum Gasteiger partial charge on any atom is 0.271 e. The lowest BCUT2D eigenvalue weighted by Crippen LogP contribution is -2.12. The predicted octanol–water partition coefficient (Wildman–Crippen LogP) is 1.63. The van der Waals surface area contributed by atoms with Crippen LogP contribution in [0, 0.1) is 5.82 Å². The summed E-state index contributed by atoms with van der Waals surface area (Å²) >= 11 is 5.77. The van der Waals surface area contributed by atoms with Crippen LogP contribution >= 0.6 is 11.6 Å². The van der Waals surface area contributed by atoms with Gasteiger partial charge in [0.15, 0.2) is 5.82 Å². The van der Waals surface area contributed by atoms with Gasteiger partial charge in [0.1, 0.15) is 10.8 Å². The third-order valence-electron chi connectivity index (χ3n) is 2.60. The number of anilines is 1. The van der Waals surface area contributed by atoms with E-state index in [1.807, 2.05) is 0 Å². The second-order valence-corrected chi connectivity index (χ2v) is 4.26. The molecule has 7 heteroatoms. The summed E-state index contributed by atoms with van der Waals surface area (Å²) < 4.78 is 13.7. The number of benzene rings is 1. The topological polar surface area (TPSA) is 83.8 Å². The molecule has 0 bridgehead atoms. The Balaban J connectivity index is 2.14. The first-order chi connectivity index (χ1) is 9.11. The quantitative estimate of drug-likeness (QED) is 0.796. The highest BCUT2D eigenvalue weighted by atomic mass is 35.5. The Kier molecular flexibility index (Phi) is 4.13. The highest BCUT2D eigenvalue weighted by Crippen LogP contribution is 2.15. The number of hydrogen-bond acceptors (Lipinski definition) is 4. The maximum atomic E-state index is 13.7. The van der Waals surface area contributed by atoms with Crippen LogP contribution in [0.1, 0.15) is 11.1 Å². The van der Waals surface area contributed by atoms with Crippen molar-refractivity contribution < 1.29 is 4.39 Å². The summed E-state index contributed by atoms with van der Waals surface area (Å²) in [6.07, 6.45) is 1.23. The lowest BCUT2D eigenvalue weighted by molar-refractivity contribution is 0.610.